The van der Waals surface area contributed by atoms with Gasteiger partial charge in [0.05, 0.1) is 17.2 Å². The van der Waals surface area contributed by atoms with Crippen molar-refractivity contribution in [1.29, 1.82) is 5.26 Å². The van der Waals surface area contributed by atoms with E-state index in [1.54, 1.807) is 6.07 Å². The molecule has 2 aromatic rings. The van der Waals surface area contributed by atoms with Gasteiger partial charge in [0.2, 0.25) is 0 Å². The number of rotatable bonds is 4. The van der Waals surface area contributed by atoms with Crippen molar-refractivity contribution < 1.29 is 4.74 Å². The number of hydrogen-bond acceptors (Lipinski definition) is 3. The zero-order valence-electron chi connectivity index (χ0n) is 13.9. The van der Waals surface area contributed by atoms with E-state index in [0.29, 0.717) is 12.2 Å². The van der Waals surface area contributed by atoms with Gasteiger partial charge in [0.1, 0.15) is 17.3 Å². The van der Waals surface area contributed by atoms with Crippen molar-refractivity contribution in [1.82, 2.24) is 4.90 Å². The van der Waals surface area contributed by atoms with E-state index in [1.807, 2.05) is 36.4 Å². The fourth-order valence-electron chi connectivity index (χ4n) is 2.97. The number of halogens is 1. The monoisotopic (exact) mass is 414 g/mol. The van der Waals surface area contributed by atoms with E-state index >= 15 is 0 Å². The summed E-state index contributed by atoms with van der Waals surface area (Å²) in [6, 6.07) is 15.6. The Morgan fingerprint density at radius 1 is 1.16 bits per heavy atom. The Labute approximate surface area is 162 Å². The predicted octanol–water partition coefficient (Wildman–Crippen LogP) is 5.06. The van der Waals surface area contributed by atoms with Gasteiger partial charge in [0, 0.05) is 23.1 Å². The van der Waals surface area contributed by atoms with E-state index in [0.717, 1.165) is 39.4 Å². The molecule has 0 spiro atoms. The molecule has 0 radical (unpaired) electrons. The third-order valence-electron chi connectivity index (χ3n) is 4.34. The van der Waals surface area contributed by atoms with Gasteiger partial charge >= 0.3 is 0 Å². The van der Waals surface area contributed by atoms with Gasteiger partial charge in [-0.25, -0.2) is 0 Å². The van der Waals surface area contributed by atoms with E-state index in [1.165, 1.54) is 19.3 Å². The molecule has 1 aliphatic rings. The summed E-state index contributed by atoms with van der Waals surface area (Å²) in [5, 5.41) is 9.23. The van der Waals surface area contributed by atoms with Crippen LogP contribution in [0.3, 0.4) is 0 Å². The maximum atomic E-state index is 9.23. The highest BCUT2D eigenvalue weighted by molar-refractivity contribution is 9.10. The first-order chi connectivity index (χ1) is 12.2. The van der Waals surface area contributed by atoms with Gasteiger partial charge < -0.3 is 9.64 Å². The Morgan fingerprint density at radius 3 is 2.68 bits per heavy atom. The zero-order chi connectivity index (χ0) is 17.6. The van der Waals surface area contributed by atoms with Crippen molar-refractivity contribution in [2.24, 2.45) is 0 Å². The van der Waals surface area contributed by atoms with Gasteiger partial charge in [0.15, 0.2) is 0 Å². The van der Waals surface area contributed by atoms with Crippen LogP contribution >= 0.6 is 28.1 Å². The Bertz CT molecular complexity index is 810. The lowest BCUT2D eigenvalue weighted by molar-refractivity contribution is 0.303. The van der Waals surface area contributed by atoms with E-state index in [-0.39, 0.29) is 0 Å². The number of benzene rings is 2. The van der Waals surface area contributed by atoms with Crippen molar-refractivity contribution in [2.45, 2.75) is 25.9 Å². The third kappa shape index (κ3) is 4.39. The molecule has 1 fully saturated rings. The molecule has 3 rings (SSSR count). The molecule has 1 saturated heterocycles. The topological polar surface area (TPSA) is 36.3 Å². The van der Waals surface area contributed by atoms with Crippen molar-refractivity contribution in [3.8, 4) is 11.8 Å². The van der Waals surface area contributed by atoms with Crippen LogP contribution in [0.4, 0.5) is 0 Å². The molecule has 0 N–H and O–H groups in total. The molecule has 0 atom stereocenters. The molecule has 0 saturated carbocycles. The third-order valence-corrected chi connectivity index (χ3v) is 5.31. The minimum absolute atomic E-state index is 0.348. The number of ether oxygens (including phenoxy) is 1. The lowest BCUT2D eigenvalue weighted by Crippen LogP contribution is -2.35. The quantitative estimate of drug-likeness (QED) is 0.654. The molecule has 0 unspecified atom stereocenters. The van der Waals surface area contributed by atoms with Gasteiger partial charge in [-0.15, -0.1) is 0 Å². The first-order valence-electron chi connectivity index (χ1n) is 8.38. The van der Waals surface area contributed by atoms with E-state index in [9.17, 15) is 5.26 Å². The maximum Gasteiger partial charge on any atom is 0.130 e. The average molecular weight is 415 g/mol. The van der Waals surface area contributed by atoms with Crippen molar-refractivity contribution in [3.63, 3.8) is 0 Å². The highest BCUT2D eigenvalue weighted by Gasteiger charge is 2.18. The van der Waals surface area contributed by atoms with Crippen molar-refractivity contribution in [3.05, 3.63) is 63.6 Å². The van der Waals surface area contributed by atoms with Gasteiger partial charge in [-0.1, -0.05) is 46.3 Å². The number of thiocarbonyl (C=S) groups is 1. The molecule has 2 aromatic carbocycles. The van der Waals surface area contributed by atoms with Crippen LogP contribution in [-0.2, 0) is 6.61 Å². The van der Waals surface area contributed by atoms with E-state index in [2.05, 4.69) is 26.9 Å². The molecule has 1 aliphatic heterocycles. The number of hydrogen-bond donors (Lipinski definition) is 0. The molecule has 0 amide bonds. The minimum atomic E-state index is 0.348. The van der Waals surface area contributed by atoms with Gasteiger partial charge in [-0.2, -0.15) is 5.26 Å². The summed E-state index contributed by atoms with van der Waals surface area (Å²) in [4.78, 5) is 3.10. The normalized spacial score (nSPS) is 14.0. The van der Waals surface area contributed by atoms with Crippen LogP contribution in [0.2, 0.25) is 0 Å². The van der Waals surface area contributed by atoms with Crippen LogP contribution < -0.4 is 4.74 Å². The number of likely N-dealkylation sites (tertiary alicyclic amines) is 1. The summed E-state index contributed by atoms with van der Waals surface area (Å²) in [6.07, 6.45) is 3.63. The molecule has 0 aromatic heterocycles. The van der Waals surface area contributed by atoms with Gasteiger partial charge in [-0.3, -0.25) is 0 Å². The molecular formula is C20H19BrN2OS. The van der Waals surface area contributed by atoms with Gasteiger partial charge in [-0.05, 0) is 43.5 Å². The Hall–Kier alpha value is -1.90. The Morgan fingerprint density at radius 2 is 1.92 bits per heavy atom. The SMILES string of the molecule is N#Cc1ccccc1COc1ccc(Br)cc1C(=S)N1CCCCC1. The van der Waals surface area contributed by atoms with Crippen LogP contribution in [0.25, 0.3) is 0 Å². The second-order valence-electron chi connectivity index (χ2n) is 6.05. The first kappa shape index (κ1) is 17.9. The number of nitriles is 1. The van der Waals surface area contributed by atoms with E-state index < -0.39 is 0 Å². The lowest BCUT2D eigenvalue weighted by atomic mass is 10.1. The van der Waals surface area contributed by atoms with Crippen LogP contribution in [0.1, 0.15) is 36.0 Å². The molecule has 3 nitrogen and oxygen atoms in total. The predicted molar refractivity (Wildman–Crippen MR) is 107 cm³/mol. The summed E-state index contributed by atoms with van der Waals surface area (Å²) < 4.78 is 7.02. The van der Waals surface area contributed by atoms with Gasteiger partial charge in [0.25, 0.3) is 0 Å². The Kier molecular flexibility index (Phi) is 6.06. The number of nitrogens with zero attached hydrogens (tertiary/aromatic N) is 2. The lowest BCUT2D eigenvalue weighted by Gasteiger charge is -2.30. The summed E-state index contributed by atoms with van der Waals surface area (Å²) >= 11 is 9.27. The number of piperidine rings is 1. The molecule has 0 bridgehead atoms. The zero-order valence-corrected chi connectivity index (χ0v) is 16.3. The standard InChI is InChI=1S/C20H19BrN2OS/c21-17-8-9-19(24-14-16-7-3-2-6-15(16)13-22)18(12-17)20(25)23-10-4-1-5-11-23/h2-3,6-9,12H,1,4-5,10-11,14H2. The molecule has 0 aliphatic carbocycles. The fourth-order valence-corrected chi connectivity index (χ4v) is 3.68. The highest BCUT2D eigenvalue weighted by Crippen LogP contribution is 2.27. The van der Waals surface area contributed by atoms with Crippen molar-refractivity contribution in [2.75, 3.05) is 13.1 Å². The molecule has 5 heteroatoms. The smallest absolute Gasteiger partial charge is 0.130 e. The summed E-state index contributed by atoms with van der Waals surface area (Å²) in [7, 11) is 0. The van der Waals surface area contributed by atoms with E-state index in [4.69, 9.17) is 17.0 Å². The molecule has 128 valence electrons. The molecular weight excluding hydrogens is 396 g/mol. The van der Waals surface area contributed by atoms with Crippen molar-refractivity contribution >= 4 is 33.1 Å². The summed E-state index contributed by atoms with van der Waals surface area (Å²) in [6.45, 7) is 2.35. The summed E-state index contributed by atoms with van der Waals surface area (Å²) in [5.41, 5.74) is 2.45. The van der Waals surface area contributed by atoms with Crippen LogP contribution in [0.5, 0.6) is 5.75 Å². The second-order valence-corrected chi connectivity index (χ2v) is 7.35. The largest absolute Gasteiger partial charge is 0.488 e. The fraction of sp³-hybridized carbons (Fsp3) is 0.300. The minimum Gasteiger partial charge on any atom is -0.488 e. The van der Waals surface area contributed by atoms with Crippen LogP contribution in [-0.4, -0.2) is 23.0 Å². The molecule has 25 heavy (non-hydrogen) atoms. The second kappa shape index (κ2) is 8.46. The average Bonchev–Trinajstić information content (AvgIpc) is 2.67. The maximum absolute atomic E-state index is 9.23. The first-order valence-corrected chi connectivity index (χ1v) is 9.59. The van der Waals surface area contributed by atoms with Crippen LogP contribution in [0, 0.1) is 11.3 Å². The summed E-state index contributed by atoms with van der Waals surface area (Å²) in [5.74, 6) is 0.756. The van der Waals surface area contributed by atoms with Crippen LogP contribution in [0.15, 0.2) is 46.9 Å². The molecule has 1 heterocycles. The Balaban J connectivity index is 1.81. The highest BCUT2D eigenvalue weighted by atomic mass is 79.9.